The van der Waals surface area contributed by atoms with Gasteiger partial charge in [0, 0.05) is 43.7 Å². The minimum Gasteiger partial charge on any atom is -0.481 e. The summed E-state index contributed by atoms with van der Waals surface area (Å²) in [5.41, 5.74) is 7.24. The van der Waals surface area contributed by atoms with Crippen molar-refractivity contribution < 1.29 is 14.7 Å². The van der Waals surface area contributed by atoms with Crippen molar-refractivity contribution in [2.24, 2.45) is 0 Å². The zero-order chi connectivity index (χ0) is 16.3. The number of carboxylic acid groups (broad SMARTS) is 1. The van der Waals surface area contributed by atoms with Gasteiger partial charge in [-0.05, 0) is 19.8 Å². The second-order valence-corrected chi connectivity index (χ2v) is 5.50. The standard InChI is InChI=1S/C14H21N5O3/c1-8-11(3-4-12(21)22)13(18-14(15)16-8)19-6-5-10(7-19)17-9(2)20/h10H,3-7H2,1-2H3,(H,17,20)(H,21,22)(H2,15,16,18). The molecule has 8 nitrogen and oxygen atoms in total. The lowest BCUT2D eigenvalue weighted by Crippen LogP contribution is -2.36. The third-order valence-corrected chi connectivity index (χ3v) is 3.69. The molecule has 120 valence electrons. The van der Waals surface area contributed by atoms with Crippen molar-refractivity contribution in [3.05, 3.63) is 11.3 Å². The summed E-state index contributed by atoms with van der Waals surface area (Å²) in [6.45, 7) is 4.67. The summed E-state index contributed by atoms with van der Waals surface area (Å²) in [5.74, 6) is -0.0651. The van der Waals surface area contributed by atoms with Gasteiger partial charge in [-0.1, -0.05) is 0 Å². The topological polar surface area (TPSA) is 121 Å². The molecular formula is C14H21N5O3. The predicted molar refractivity (Wildman–Crippen MR) is 81.6 cm³/mol. The maximum atomic E-state index is 11.2. The van der Waals surface area contributed by atoms with Gasteiger partial charge in [-0.3, -0.25) is 9.59 Å². The number of nitrogens with zero attached hydrogens (tertiary/aromatic N) is 3. The summed E-state index contributed by atoms with van der Waals surface area (Å²) in [4.78, 5) is 32.4. The predicted octanol–water partition coefficient (Wildman–Crippen LogP) is 0.0992. The first-order valence-electron chi connectivity index (χ1n) is 7.23. The van der Waals surface area contributed by atoms with Crippen LogP contribution in [0.3, 0.4) is 0 Å². The third kappa shape index (κ3) is 3.84. The number of carbonyl (C=O) groups excluding carboxylic acids is 1. The molecule has 0 radical (unpaired) electrons. The van der Waals surface area contributed by atoms with E-state index in [0.29, 0.717) is 24.5 Å². The van der Waals surface area contributed by atoms with Crippen molar-refractivity contribution in [2.45, 2.75) is 39.2 Å². The van der Waals surface area contributed by atoms with Crippen molar-refractivity contribution in [1.82, 2.24) is 15.3 Å². The van der Waals surface area contributed by atoms with Crippen LogP contribution in [0.25, 0.3) is 0 Å². The average Bonchev–Trinajstić information content (AvgIpc) is 2.84. The van der Waals surface area contributed by atoms with Crippen LogP contribution in [0.15, 0.2) is 0 Å². The number of carboxylic acids is 1. The number of anilines is 2. The van der Waals surface area contributed by atoms with Crippen LogP contribution in [-0.2, 0) is 16.0 Å². The van der Waals surface area contributed by atoms with E-state index in [9.17, 15) is 9.59 Å². The molecule has 1 aliphatic rings. The highest BCUT2D eigenvalue weighted by Crippen LogP contribution is 2.26. The molecule has 0 aliphatic carbocycles. The van der Waals surface area contributed by atoms with Crippen molar-refractivity contribution in [1.29, 1.82) is 0 Å². The molecule has 1 aromatic rings. The van der Waals surface area contributed by atoms with Crippen molar-refractivity contribution in [3.63, 3.8) is 0 Å². The number of amides is 1. The van der Waals surface area contributed by atoms with Crippen LogP contribution in [0, 0.1) is 6.92 Å². The normalized spacial score (nSPS) is 17.5. The summed E-state index contributed by atoms with van der Waals surface area (Å²) < 4.78 is 0. The molecule has 2 heterocycles. The van der Waals surface area contributed by atoms with Crippen LogP contribution in [0.1, 0.15) is 31.0 Å². The average molecular weight is 307 g/mol. The fraction of sp³-hybridized carbons (Fsp3) is 0.571. The van der Waals surface area contributed by atoms with Gasteiger partial charge in [-0.15, -0.1) is 0 Å². The fourth-order valence-electron chi connectivity index (χ4n) is 2.75. The number of aryl methyl sites for hydroxylation is 1. The Balaban J connectivity index is 2.22. The molecule has 1 aromatic heterocycles. The fourth-order valence-corrected chi connectivity index (χ4v) is 2.75. The SMILES string of the molecule is CC(=O)NC1CCN(c2nc(N)nc(C)c2CCC(=O)O)C1. The van der Waals surface area contributed by atoms with Crippen LogP contribution < -0.4 is 16.0 Å². The molecule has 4 N–H and O–H groups in total. The molecule has 1 unspecified atom stereocenters. The lowest BCUT2D eigenvalue weighted by Gasteiger charge is -2.22. The van der Waals surface area contributed by atoms with E-state index in [1.165, 1.54) is 6.92 Å². The molecule has 0 spiro atoms. The van der Waals surface area contributed by atoms with E-state index >= 15 is 0 Å². The molecule has 1 aliphatic heterocycles. The number of carbonyl (C=O) groups is 2. The Kier molecular flexibility index (Phi) is 4.79. The monoisotopic (exact) mass is 307 g/mol. The molecular weight excluding hydrogens is 286 g/mol. The van der Waals surface area contributed by atoms with Gasteiger partial charge in [-0.2, -0.15) is 4.98 Å². The summed E-state index contributed by atoms with van der Waals surface area (Å²) in [6.07, 6.45) is 1.20. The second-order valence-electron chi connectivity index (χ2n) is 5.50. The molecule has 22 heavy (non-hydrogen) atoms. The van der Waals surface area contributed by atoms with E-state index in [1.807, 2.05) is 4.90 Å². The largest absolute Gasteiger partial charge is 0.481 e. The van der Waals surface area contributed by atoms with Crippen LogP contribution >= 0.6 is 0 Å². The second kappa shape index (κ2) is 6.59. The molecule has 0 bridgehead atoms. The zero-order valence-corrected chi connectivity index (χ0v) is 12.8. The van der Waals surface area contributed by atoms with Crippen LogP contribution in [0.2, 0.25) is 0 Å². The van der Waals surface area contributed by atoms with E-state index in [4.69, 9.17) is 10.8 Å². The van der Waals surface area contributed by atoms with Gasteiger partial charge in [-0.25, -0.2) is 4.98 Å². The molecule has 8 heteroatoms. The van der Waals surface area contributed by atoms with Gasteiger partial charge in [0.15, 0.2) is 0 Å². The lowest BCUT2D eigenvalue weighted by molar-refractivity contribution is -0.137. The Bertz CT molecular complexity index is 590. The Morgan fingerprint density at radius 2 is 2.18 bits per heavy atom. The quantitative estimate of drug-likeness (QED) is 0.705. The molecule has 0 aromatic carbocycles. The Morgan fingerprint density at radius 1 is 1.45 bits per heavy atom. The summed E-state index contributed by atoms with van der Waals surface area (Å²) in [5, 5.41) is 11.8. The highest BCUT2D eigenvalue weighted by atomic mass is 16.4. The van der Waals surface area contributed by atoms with E-state index in [1.54, 1.807) is 6.92 Å². The zero-order valence-electron chi connectivity index (χ0n) is 12.8. The number of nitrogens with one attached hydrogen (secondary N) is 1. The number of rotatable bonds is 5. The summed E-state index contributed by atoms with van der Waals surface area (Å²) in [6, 6.07) is 0.0707. The highest BCUT2D eigenvalue weighted by molar-refractivity contribution is 5.73. The third-order valence-electron chi connectivity index (χ3n) is 3.69. The minimum absolute atomic E-state index is 0.0179. The number of nitrogens with two attached hydrogens (primary N) is 1. The van der Waals surface area contributed by atoms with Gasteiger partial charge < -0.3 is 21.1 Å². The molecule has 1 atom stereocenters. The van der Waals surface area contributed by atoms with E-state index in [2.05, 4.69) is 15.3 Å². The molecule has 1 amide bonds. The van der Waals surface area contributed by atoms with Gasteiger partial charge in [0.05, 0.1) is 0 Å². The maximum absolute atomic E-state index is 11.2. The van der Waals surface area contributed by atoms with E-state index < -0.39 is 5.97 Å². The molecule has 1 saturated heterocycles. The highest BCUT2D eigenvalue weighted by Gasteiger charge is 2.27. The van der Waals surface area contributed by atoms with Crippen LogP contribution in [-0.4, -0.2) is 46.1 Å². The Morgan fingerprint density at radius 3 is 2.82 bits per heavy atom. The first kappa shape index (κ1) is 16.0. The number of hydrogen-bond donors (Lipinski definition) is 3. The van der Waals surface area contributed by atoms with Crippen molar-refractivity contribution >= 4 is 23.6 Å². The number of nitrogen functional groups attached to an aromatic ring is 1. The van der Waals surface area contributed by atoms with Gasteiger partial charge in [0.2, 0.25) is 11.9 Å². The first-order chi connectivity index (χ1) is 10.4. The summed E-state index contributed by atoms with van der Waals surface area (Å²) >= 11 is 0. The van der Waals surface area contributed by atoms with Gasteiger partial charge in [0.1, 0.15) is 5.82 Å². The molecule has 1 fully saturated rings. The van der Waals surface area contributed by atoms with Gasteiger partial charge in [0.25, 0.3) is 0 Å². The van der Waals surface area contributed by atoms with Crippen molar-refractivity contribution in [2.75, 3.05) is 23.7 Å². The number of aromatic nitrogens is 2. The number of aliphatic carboxylic acids is 1. The molecule has 0 saturated carbocycles. The maximum Gasteiger partial charge on any atom is 0.303 e. The van der Waals surface area contributed by atoms with Crippen molar-refractivity contribution in [3.8, 4) is 0 Å². The summed E-state index contributed by atoms with van der Waals surface area (Å²) in [7, 11) is 0. The van der Waals surface area contributed by atoms with Gasteiger partial charge >= 0.3 is 5.97 Å². The Labute approximate surface area is 128 Å². The van der Waals surface area contributed by atoms with Crippen LogP contribution in [0.5, 0.6) is 0 Å². The Hall–Kier alpha value is -2.38. The number of hydrogen-bond acceptors (Lipinski definition) is 6. The minimum atomic E-state index is -0.861. The first-order valence-corrected chi connectivity index (χ1v) is 7.23. The molecule has 2 rings (SSSR count). The lowest BCUT2D eigenvalue weighted by atomic mass is 10.1. The van der Waals surface area contributed by atoms with E-state index in [-0.39, 0.29) is 24.3 Å². The van der Waals surface area contributed by atoms with E-state index in [0.717, 1.165) is 18.5 Å². The van der Waals surface area contributed by atoms with Crippen LogP contribution in [0.4, 0.5) is 11.8 Å². The smallest absolute Gasteiger partial charge is 0.303 e.